The zero-order valence-corrected chi connectivity index (χ0v) is 13.9. The normalized spacial score (nSPS) is 17.0. The Labute approximate surface area is 140 Å². The molecule has 0 aromatic heterocycles. The molecule has 6 nitrogen and oxygen atoms in total. The van der Waals surface area contributed by atoms with E-state index in [1.165, 1.54) is 18.7 Å². The van der Waals surface area contributed by atoms with Crippen LogP contribution in [0.25, 0.3) is 0 Å². The maximum atomic E-state index is 12.5. The Kier molecular flexibility index (Phi) is 5.84. The Hall–Kier alpha value is -2.50. The van der Waals surface area contributed by atoms with Crippen LogP contribution >= 0.6 is 0 Å². The van der Waals surface area contributed by atoms with Gasteiger partial charge in [-0.25, -0.2) is 4.79 Å². The summed E-state index contributed by atoms with van der Waals surface area (Å²) < 4.78 is 5.26. The van der Waals surface area contributed by atoms with Gasteiger partial charge in [0.1, 0.15) is 24.1 Å². The number of ketones is 3. The van der Waals surface area contributed by atoms with E-state index in [0.717, 1.165) is 5.56 Å². The van der Waals surface area contributed by atoms with Crippen LogP contribution in [-0.4, -0.2) is 40.9 Å². The van der Waals surface area contributed by atoms with Gasteiger partial charge in [0.2, 0.25) is 0 Å². The summed E-state index contributed by atoms with van der Waals surface area (Å²) in [5.41, 5.74) is 0.846. The summed E-state index contributed by atoms with van der Waals surface area (Å²) in [7, 11) is 0. The van der Waals surface area contributed by atoms with E-state index in [4.69, 9.17) is 4.74 Å². The van der Waals surface area contributed by atoms with Gasteiger partial charge in [0.05, 0.1) is 6.04 Å². The van der Waals surface area contributed by atoms with Gasteiger partial charge in [-0.15, -0.1) is 0 Å². The van der Waals surface area contributed by atoms with Gasteiger partial charge in [-0.2, -0.15) is 0 Å². The molecule has 0 saturated carbocycles. The van der Waals surface area contributed by atoms with Crippen LogP contribution in [-0.2, 0) is 25.7 Å². The van der Waals surface area contributed by atoms with Crippen molar-refractivity contribution in [2.75, 3.05) is 6.54 Å². The fourth-order valence-electron chi connectivity index (χ4n) is 2.96. The zero-order valence-electron chi connectivity index (χ0n) is 13.9. The van der Waals surface area contributed by atoms with Crippen molar-refractivity contribution < 1.29 is 23.9 Å². The van der Waals surface area contributed by atoms with Crippen molar-refractivity contribution in [2.45, 2.75) is 39.3 Å². The number of hydrogen-bond acceptors (Lipinski definition) is 5. The predicted octanol–water partition coefficient (Wildman–Crippen LogP) is 2.15. The second-order valence-electron chi connectivity index (χ2n) is 5.95. The van der Waals surface area contributed by atoms with Crippen molar-refractivity contribution in [1.29, 1.82) is 0 Å². The van der Waals surface area contributed by atoms with E-state index in [1.807, 2.05) is 30.3 Å². The number of carbonyl (C=O) groups excluding carboxylic acids is 4. The summed E-state index contributed by atoms with van der Waals surface area (Å²) in [4.78, 5) is 49.3. The predicted molar refractivity (Wildman–Crippen MR) is 86.2 cm³/mol. The third-order valence-corrected chi connectivity index (χ3v) is 4.12. The first-order valence-corrected chi connectivity index (χ1v) is 7.93. The largest absolute Gasteiger partial charge is 0.445 e. The van der Waals surface area contributed by atoms with Crippen LogP contribution < -0.4 is 0 Å². The Bertz CT molecular complexity index is 626. The van der Waals surface area contributed by atoms with Gasteiger partial charge in [0.25, 0.3) is 0 Å². The van der Waals surface area contributed by atoms with Crippen LogP contribution in [0.4, 0.5) is 4.79 Å². The lowest BCUT2D eigenvalue weighted by Crippen LogP contribution is -2.46. The Morgan fingerprint density at radius 3 is 2.33 bits per heavy atom. The van der Waals surface area contributed by atoms with Crippen molar-refractivity contribution in [2.24, 2.45) is 5.92 Å². The number of ether oxygens (including phenoxy) is 1. The second kappa shape index (κ2) is 7.86. The van der Waals surface area contributed by atoms with E-state index in [9.17, 15) is 19.2 Å². The molecular formula is C18H21NO5. The Balaban J connectivity index is 2.03. The highest BCUT2D eigenvalue weighted by Crippen LogP contribution is 2.23. The fraction of sp³-hybridized carbons (Fsp3) is 0.444. The molecule has 0 radical (unpaired) electrons. The molecule has 6 heteroatoms. The van der Waals surface area contributed by atoms with Gasteiger partial charge in [0, 0.05) is 6.54 Å². The van der Waals surface area contributed by atoms with Crippen LogP contribution in [0, 0.1) is 5.92 Å². The molecule has 1 aromatic carbocycles. The summed E-state index contributed by atoms with van der Waals surface area (Å²) in [6.07, 6.45) is 0.482. The van der Waals surface area contributed by atoms with Gasteiger partial charge in [-0.1, -0.05) is 30.3 Å². The van der Waals surface area contributed by atoms with Crippen LogP contribution in [0.15, 0.2) is 30.3 Å². The number of amides is 1. The first-order chi connectivity index (χ1) is 11.4. The summed E-state index contributed by atoms with van der Waals surface area (Å²) in [6, 6.07) is 8.45. The minimum Gasteiger partial charge on any atom is -0.445 e. The molecule has 1 aliphatic rings. The van der Waals surface area contributed by atoms with Crippen LogP contribution in [0.3, 0.4) is 0 Å². The summed E-state index contributed by atoms with van der Waals surface area (Å²) in [5, 5.41) is 0. The highest BCUT2D eigenvalue weighted by molar-refractivity contribution is 6.19. The van der Waals surface area contributed by atoms with Crippen molar-refractivity contribution in [3.05, 3.63) is 35.9 Å². The standard InChI is InChI=1S/C18H21NO5/c1-12(20)16(13(2)21)17(22)15-9-6-10-19(15)18(23)24-11-14-7-4-3-5-8-14/h3-5,7-8,15-16H,6,9-11H2,1-2H3. The first-order valence-electron chi connectivity index (χ1n) is 7.93. The second-order valence-corrected chi connectivity index (χ2v) is 5.95. The van der Waals surface area contributed by atoms with Gasteiger partial charge in [0.15, 0.2) is 5.78 Å². The third-order valence-electron chi connectivity index (χ3n) is 4.12. The number of rotatable bonds is 6. The first kappa shape index (κ1) is 17.8. The van der Waals surface area contributed by atoms with Crippen LogP contribution in [0.2, 0.25) is 0 Å². The Morgan fingerprint density at radius 1 is 1.12 bits per heavy atom. The lowest BCUT2D eigenvalue weighted by molar-refractivity contribution is -0.140. The number of nitrogens with zero attached hydrogens (tertiary/aromatic N) is 1. The van der Waals surface area contributed by atoms with Crippen molar-refractivity contribution in [3.8, 4) is 0 Å². The summed E-state index contributed by atoms with van der Waals surface area (Å²) >= 11 is 0. The summed E-state index contributed by atoms with van der Waals surface area (Å²) in [6.45, 7) is 2.93. The van der Waals surface area contributed by atoms with Gasteiger partial charge in [-0.3, -0.25) is 19.3 Å². The van der Waals surface area contributed by atoms with Crippen molar-refractivity contribution in [1.82, 2.24) is 4.90 Å². The van der Waals surface area contributed by atoms with E-state index in [2.05, 4.69) is 0 Å². The number of benzene rings is 1. The summed E-state index contributed by atoms with van der Waals surface area (Å²) in [5.74, 6) is -2.78. The molecule has 1 saturated heterocycles. The monoisotopic (exact) mass is 331 g/mol. The van der Waals surface area contributed by atoms with Crippen LogP contribution in [0.1, 0.15) is 32.3 Å². The molecule has 1 heterocycles. The number of Topliss-reactive ketones (excluding diaryl/α,β-unsaturated/α-hetero) is 3. The molecule has 0 bridgehead atoms. The molecule has 1 aliphatic heterocycles. The van der Waals surface area contributed by atoms with Gasteiger partial charge >= 0.3 is 6.09 Å². The van der Waals surface area contributed by atoms with Gasteiger partial charge < -0.3 is 4.74 Å². The van der Waals surface area contributed by atoms with Crippen molar-refractivity contribution in [3.63, 3.8) is 0 Å². The smallest absolute Gasteiger partial charge is 0.410 e. The molecule has 0 spiro atoms. The third kappa shape index (κ3) is 4.07. The van der Waals surface area contributed by atoms with Crippen molar-refractivity contribution >= 4 is 23.4 Å². The molecule has 2 rings (SSSR count). The molecule has 128 valence electrons. The number of hydrogen-bond donors (Lipinski definition) is 0. The number of carbonyl (C=O) groups is 4. The topological polar surface area (TPSA) is 80.8 Å². The van der Waals surface area contributed by atoms with E-state index < -0.39 is 35.4 Å². The Morgan fingerprint density at radius 2 is 1.75 bits per heavy atom. The molecule has 1 amide bonds. The van der Waals surface area contributed by atoms with E-state index in [-0.39, 0.29) is 6.61 Å². The lowest BCUT2D eigenvalue weighted by Gasteiger charge is -2.25. The average Bonchev–Trinajstić information content (AvgIpc) is 3.02. The lowest BCUT2D eigenvalue weighted by atomic mass is 9.90. The maximum absolute atomic E-state index is 12.5. The average molecular weight is 331 g/mol. The molecule has 0 N–H and O–H groups in total. The molecule has 1 fully saturated rings. The van der Waals surface area contributed by atoms with Gasteiger partial charge in [-0.05, 0) is 32.3 Å². The fourth-order valence-corrected chi connectivity index (χ4v) is 2.96. The molecule has 1 unspecified atom stereocenters. The SMILES string of the molecule is CC(=O)C(C(C)=O)C(=O)C1CCCN1C(=O)OCc1ccccc1. The van der Waals surface area contributed by atoms with E-state index in [0.29, 0.717) is 19.4 Å². The molecule has 1 atom stereocenters. The minimum atomic E-state index is -1.29. The van der Waals surface area contributed by atoms with Crippen LogP contribution in [0.5, 0.6) is 0 Å². The maximum Gasteiger partial charge on any atom is 0.410 e. The highest BCUT2D eigenvalue weighted by Gasteiger charge is 2.41. The molecular weight excluding hydrogens is 310 g/mol. The quantitative estimate of drug-likeness (QED) is 0.746. The molecule has 0 aliphatic carbocycles. The highest BCUT2D eigenvalue weighted by atomic mass is 16.6. The zero-order chi connectivity index (χ0) is 17.7. The molecule has 1 aromatic rings. The minimum absolute atomic E-state index is 0.111. The van der Waals surface area contributed by atoms with E-state index >= 15 is 0 Å². The molecule has 24 heavy (non-hydrogen) atoms. The number of likely N-dealkylation sites (tertiary alicyclic amines) is 1. The van der Waals surface area contributed by atoms with E-state index in [1.54, 1.807) is 0 Å².